The zero-order valence-corrected chi connectivity index (χ0v) is 15.2. The maximum absolute atomic E-state index is 12.8. The molecule has 2 aliphatic heterocycles. The van der Waals surface area contributed by atoms with Crippen LogP contribution in [0.3, 0.4) is 0 Å². The molecule has 3 heterocycles. The fraction of sp³-hybridized carbons (Fsp3) is 0.667. The van der Waals surface area contributed by atoms with E-state index in [0.717, 1.165) is 4.88 Å². The molecule has 9 heteroatoms. The van der Waals surface area contributed by atoms with E-state index in [1.165, 1.54) is 15.6 Å². The molecule has 0 aromatic carbocycles. The van der Waals surface area contributed by atoms with Crippen molar-refractivity contribution in [3.8, 4) is 0 Å². The van der Waals surface area contributed by atoms with Crippen LogP contribution in [0.25, 0.3) is 0 Å². The van der Waals surface area contributed by atoms with Gasteiger partial charge >= 0.3 is 0 Å². The van der Waals surface area contributed by atoms with Gasteiger partial charge in [0.2, 0.25) is 5.91 Å². The molecule has 3 rings (SSSR count). The van der Waals surface area contributed by atoms with E-state index in [1.807, 2.05) is 6.92 Å². The average Bonchev–Trinajstić information content (AvgIpc) is 3.25. The van der Waals surface area contributed by atoms with Crippen LogP contribution in [-0.2, 0) is 14.8 Å². The Morgan fingerprint density at radius 1 is 1.46 bits per heavy atom. The number of carbonyl (C=O) groups excluding carboxylic acids is 1. The van der Waals surface area contributed by atoms with Crippen molar-refractivity contribution in [2.75, 3.05) is 26.2 Å². The van der Waals surface area contributed by atoms with E-state index in [4.69, 9.17) is 0 Å². The molecule has 0 bridgehead atoms. The van der Waals surface area contributed by atoms with Gasteiger partial charge in [-0.25, -0.2) is 8.42 Å². The number of nitrogens with zero attached hydrogens (tertiary/aromatic N) is 1. The van der Waals surface area contributed by atoms with Crippen LogP contribution in [0.1, 0.15) is 17.7 Å². The lowest BCUT2D eigenvalue weighted by atomic mass is 10.1. The summed E-state index contributed by atoms with van der Waals surface area (Å²) in [5, 5.41) is 15.7. The van der Waals surface area contributed by atoms with Gasteiger partial charge in [0.1, 0.15) is 10.3 Å². The van der Waals surface area contributed by atoms with Crippen LogP contribution in [0, 0.1) is 12.8 Å². The van der Waals surface area contributed by atoms with E-state index in [9.17, 15) is 18.3 Å². The first-order valence-corrected chi connectivity index (χ1v) is 10.4. The number of aryl methyl sites for hydroxylation is 1. The van der Waals surface area contributed by atoms with Crippen molar-refractivity contribution in [3.05, 3.63) is 17.0 Å². The number of aliphatic hydroxyl groups is 1. The number of sulfonamides is 1. The molecule has 0 radical (unpaired) electrons. The standard InChI is InChI=1S/C15H23N3O4S2/c1-10-4-5-14(23-10)24(21,22)18-6-2-3-12(18)15(20)17-8-11-7-16-9-13(11)19/h4-5,11-13,16,19H,2-3,6-9H2,1H3,(H,17,20). The van der Waals surface area contributed by atoms with Gasteiger partial charge in [0.15, 0.2) is 0 Å². The average molecular weight is 374 g/mol. The summed E-state index contributed by atoms with van der Waals surface area (Å²) in [5.41, 5.74) is 0. The number of carbonyl (C=O) groups is 1. The second-order valence-electron chi connectivity index (χ2n) is 6.37. The molecule has 2 aliphatic rings. The number of aliphatic hydroxyl groups excluding tert-OH is 1. The molecular formula is C15H23N3O4S2. The summed E-state index contributed by atoms with van der Waals surface area (Å²) >= 11 is 1.23. The Bertz CT molecular complexity index is 703. The van der Waals surface area contributed by atoms with E-state index < -0.39 is 22.2 Å². The fourth-order valence-corrected chi connectivity index (χ4v) is 6.30. The van der Waals surface area contributed by atoms with Crippen molar-refractivity contribution in [2.45, 2.75) is 36.1 Å². The van der Waals surface area contributed by atoms with Crippen LogP contribution in [0.5, 0.6) is 0 Å². The van der Waals surface area contributed by atoms with Gasteiger partial charge in [-0.15, -0.1) is 11.3 Å². The third kappa shape index (κ3) is 3.50. The third-order valence-electron chi connectivity index (χ3n) is 4.63. The minimum Gasteiger partial charge on any atom is -0.391 e. The van der Waals surface area contributed by atoms with Gasteiger partial charge in [-0.2, -0.15) is 4.31 Å². The molecule has 1 amide bonds. The van der Waals surface area contributed by atoms with Crippen molar-refractivity contribution in [1.82, 2.24) is 14.9 Å². The van der Waals surface area contributed by atoms with Crippen LogP contribution >= 0.6 is 11.3 Å². The highest BCUT2D eigenvalue weighted by Gasteiger charge is 2.40. The number of hydrogen-bond acceptors (Lipinski definition) is 6. The fourth-order valence-electron chi connectivity index (χ4n) is 3.23. The van der Waals surface area contributed by atoms with E-state index in [2.05, 4.69) is 10.6 Å². The molecular weight excluding hydrogens is 350 g/mol. The number of rotatable bonds is 5. The van der Waals surface area contributed by atoms with Gasteiger partial charge in [0.25, 0.3) is 10.0 Å². The van der Waals surface area contributed by atoms with Gasteiger partial charge in [-0.05, 0) is 31.9 Å². The smallest absolute Gasteiger partial charge is 0.253 e. The Kier molecular flexibility index (Phi) is 5.26. The third-order valence-corrected chi connectivity index (χ3v) is 8.00. The number of thiophene rings is 1. The minimum atomic E-state index is -3.63. The van der Waals surface area contributed by atoms with Crippen molar-refractivity contribution in [1.29, 1.82) is 0 Å². The number of β-amino-alcohol motifs (C(OH)–C–C–N with tert-alkyl or cyclic N) is 1. The summed E-state index contributed by atoms with van der Waals surface area (Å²) < 4.78 is 27.2. The molecule has 1 aromatic rings. The Balaban J connectivity index is 1.67. The van der Waals surface area contributed by atoms with Crippen LogP contribution in [0.15, 0.2) is 16.3 Å². The van der Waals surface area contributed by atoms with Crippen molar-refractivity contribution in [2.24, 2.45) is 5.92 Å². The van der Waals surface area contributed by atoms with Crippen LogP contribution < -0.4 is 10.6 Å². The lowest BCUT2D eigenvalue weighted by Crippen LogP contribution is -2.47. The maximum Gasteiger partial charge on any atom is 0.253 e. The Morgan fingerprint density at radius 3 is 2.88 bits per heavy atom. The van der Waals surface area contributed by atoms with Crippen LogP contribution in [0.4, 0.5) is 0 Å². The molecule has 7 nitrogen and oxygen atoms in total. The minimum absolute atomic E-state index is 0.0274. The second kappa shape index (κ2) is 7.09. The number of amides is 1. The molecule has 1 aromatic heterocycles. The molecule has 0 aliphatic carbocycles. The molecule has 24 heavy (non-hydrogen) atoms. The van der Waals surface area contributed by atoms with Crippen molar-refractivity contribution >= 4 is 27.3 Å². The number of hydrogen-bond donors (Lipinski definition) is 3. The highest BCUT2D eigenvalue weighted by Crippen LogP contribution is 2.30. The van der Waals surface area contributed by atoms with E-state index in [0.29, 0.717) is 39.0 Å². The second-order valence-corrected chi connectivity index (χ2v) is 9.77. The lowest BCUT2D eigenvalue weighted by Gasteiger charge is -2.23. The molecule has 3 atom stereocenters. The normalized spacial score (nSPS) is 28.3. The first-order chi connectivity index (χ1) is 11.4. The van der Waals surface area contributed by atoms with Gasteiger partial charge in [-0.1, -0.05) is 0 Å². The Morgan fingerprint density at radius 2 is 2.25 bits per heavy atom. The topological polar surface area (TPSA) is 98.7 Å². The zero-order chi connectivity index (χ0) is 17.3. The molecule has 3 unspecified atom stereocenters. The lowest BCUT2D eigenvalue weighted by molar-refractivity contribution is -0.124. The SMILES string of the molecule is Cc1ccc(S(=O)(=O)N2CCCC2C(=O)NCC2CNCC2O)s1. The Hall–Kier alpha value is -1.00. The molecule has 3 N–H and O–H groups in total. The van der Waals surface area contributed by atoms with Gasteiger partial charge in [0, 0.05) is 37.0 Å². The molecule has 2 saturated heterocycles. The highest BCUT2D eigenvalue weighted by atomic mass is 32.2. The summed E-state index contributed by atoms with van der Waals surface area (Å²) in [5.74, 6) is -0.302. The monoisotopic (exact) mass is 373 g/mol. The molecule has 2 fully saturated rings. The highest BCUT2D eigenvalue weighted by molar-refractivity contribution is 7.91. The van der Waals surface area contributed by atoms with Gasteiger partial charge < -0.3 is 15.7 Å². The first kappa shape index (κ1) is 17.8. The predicted molar refractivity (Wildman–Crippen MR) is 91.3 cm³/mol. The van der Waals surface area contributed by atoms with Gasteiger partial charge in [0.05, 0.1) is 6.10 Å². The summed E-state index contributed by atoms with van der Waals surface area (Å²) in [6, 6.07) is 2.71. The van der Waals surface area contributed by atoms with E-state index in [-0.39, 0.29) is 16.0 Å². The first-order valence-electron chi connectivity index (χ1n) is 8.14. The zero-order valence-electron chi connectivity index (χ0n) is 13.6. The summed E-state index contributed by atoms with van der Waals surface area (Å²) in [6.45, 7) is 3.77. The van der Waals surface area contributed by atoms with Crippen molar-refractivity contribution in [3.63, 3.8) is 0 Å². The predicted octanol–water partition coefficient (Wildman–Crippen LogP) is -0.0939. The molecule has 0 saturated carbocycles. The molecule has 134 valence electrons. The van der Waals surface area contributed by atoms with Crippen LogP contribution in [0.2, 0.25) is 0 Å². The van der Waals surface area contributed by atoms with Crippen LogP contribution in [-0.4, -0.2) is 62.1 Å². The summed E-state index contributed by atoms with van der Waals surface area (Å²) in [7, 11) is -3.63. The largest absolute Gasteiger partial charge is 0.391 e. The summed E-state index contributed by atoms with van der Waals surface area (Å²) in [6.07, 6.45) is 0.735. The van der Waals surface area contributed by atoms with E-state index in [1.54, 1.807) is 12.1 Å². The number of nitrogens with one attached hydrogen (secondary N) is 2. The Labute approximate surface area is 146 Å². The summed E-state index contributed by atoms with van der Waals surface area (Å²) in [4.78, 5) is 13.4. The van der Waals surface area contributed by atoms with Gasteiger partial charge in [-0.3, -0.25) is 4.79 Å². The quantitative estimate of drug-likeness (QED) is 0.670. The maximum atomic E-state index is 12.8. The molecule has 0 spiro atoms. The van der Waals surface area contributed by atoms with Crippen molar-refractivity contribution < 1.29 is 18.3 Å². The van der Waals surface area contributed by atoms with E-state index >= 15 is 0 Å².